The largest absolute Gasteiger partial charge is 0.380 e. The number of carbonyl (C=O) groups is 1. The molecule has 0 aliphatic heterocycles. The number of nitrogens with one attached hydrogen (secondary N) is 1. The second-order valence-corrected chi connectivity index (χ2v) is 8.94. The number of methoxy groups -OCH3 is 1. The van der Waals surface area contributed by atoms with Gasteiger partial charge in [-0.1, -0.05) is 30.3 Å². The normalized spacial score (nSPS) is 11.2. The van der Waals surface area contributed by atoms with E-state index in [9.17, 15) is 17.6 Å². The summed E-state index contributed by atoms with van der Waals surface area (Å²) in [5.74, 6) is -0.807. The van der Waals surface area contributed by atoms with Crippen LogP contribution < -0.4 is 9.62 Å². The second kappa shape index (κ2) is 9.72. The number of ether oxygens (including phenoxy) is 1. The van der Waals surface area contributed by atoms with Crippen LogP contribution in [0.1, 0.15) is 21.5 Å². The molecule has 0 unspecified atom stereocenters. The molecule has 162 valence electrons. The van der Waals surface area contributed by atoms with E-state index < -0.39 is 15.8 Å². The maximum Gasteiger partial charge on any atom is 0.255 e. The topological polar surface area (TPSA) is 75.7 Å². The summed E-state index contributed by atoms with van der Waals surface area (Å²) in [4.78, 5) is 12.5. The van der Waals surface area contributed by atoms with E-state index in [1.54, 1.807) is 37.4 Å². The molecule has 6 nitrogen and oxygen atoms in total. The molecular weight excluding hydrogens is 419 g/mol. The van der Waals surface area contributed by atoms with E-state index in [1.165, 1.54) is 24.3 Å². The molecule has 0 aromatic heterocycles. The lowest BCUT2D eigenvalue weighted by molar-refractivity contribution is 0.102. The fourth-order valence-corrected chi connectivity index (χ4v) is 3.95. The van der Waals surface area contributed by atoms with Gasteiger partial charge in [0.15, 0.2) is 0 Å². The smallest absolute Gasteiger partial charge is 0.255 e. The van der Waals surface area contributed by atoms with Crippen molar-refractivity contribution >= 4 is 27.3 Å². The second-order valence-electron chi connectivity index (χ2n) is 7.03. The van der Waals surface area contributed by atoms with Gasteiger partial charge in [-0.25, -0.2) is 12.8 Å². The first-order chi connectivity index (χ1) is 14.8. The summed E-state index contributed by atoms with van der Waals surface area (Å²) in [5, 5.41) is 2.83. The van der Waals surface area contributed by atoms with Crippen LogP contribution in [-0.4, -0.2) is 27.7 Å². The van der Waals surface area contributed by atoms with Crippen LogP contribution in [0.25, 0.3) is 0 Å². The molecule has 1 amide bonds. The SMILES string of the molecule is COCc1cccc(NC(=O)c2ccc(CN(c3cccc(F)c3)S(C)(=O)=O)cc2)c1. The van der Waals surface area contributed by atoms with Gasteiger partial charge in [-0.2, -0.15) is 0 Å². The number of hydrogen-bond acceptors (Lipinski definition) is 4. The highest BCUT2D eigenvalue weighted by Crippen LogP contribution is 2.22. The lowest BCUT2D eigenvalue weighted by Gasteiger charge is -2.22. The quantitative estimate of drug-likeness (QED) is 0.568. The summed E-state index contributed by atoms with van der Waals surface area (Å²) in [6.45, 7) is 0.462. The fourth-order valence-electron chi connectivity index (χ4n) is 3.07. The number of sulfonamides is 1. The van der Waals surface area contributed by atoms with Gasteiger partial charge in [-0.05, 0) is 53.6 Å². The molecule has 8 heteroatoms. The summed E-state index contributed by atoms with van der Waals surface area (Å²) < 4.78 is 44.2. The van der Waals surface area contributed by atoms with Crippen molar-refractivity contribution in [1.29, 1.82) is 0 Å². The number of nitrogens with zero attached hydrogens (tertiary/aromatic N) is 1. The fraction of sp³-hybridized carbons (Fsp3) is 0.174. The predicted molar refractivity (Wildman–Crippen MR) is 119 cm³/mol. The van der Waals surface area contributed by atoms with Crippen LogP contribution in [0, 0.1) is 5.82 Å². The van der Waals surface area contributed by atoms with Crippen molar-refractivity contribution in [2.24, 2.45) is 0 Å². The molecule has 1 N–H and O–H groups in total. The third-order valence-electron chi connectivity index (χ3n) is 4.53. The minimum absolute atomic E-state index is 0.0171. The molecule has 3 rings (SSSR count). The zero-order chi connectivity index (χ0) is 22.4. The van der Waals surface area contributed by atoms with Gasteiger partial charge < -0.3 is 10.1 Å². The lowest BCUT2D eigenvalue weighted by atomic mass is 10.1. The molecule has 3 aromatic carbocycles. The Bertz CT molecular complexity index is 1160. The Morgan fingerprint density at radius 1 is 1.00 bits per heavy atom. The molecule has 0 radical (unpaired) electrons. The Hall–Kier alpha value is -3.23. The maximum absolute atomic E-state index is 13.6. The van der Waals surface area contributed by atoms with Crippen molar-refractivity contribution in [2.45, 2.75) is 13.2 Å². The molecule has 0 spiro atoms. The number of carbonyl (C=O) groups excluding carboxylic acids is 1. The zero-order valence-electron chi connectivity index (χ0n) is 17.2. The van der Waals surface area contributed by atoms with E-state index in [4.69, 9.17) is 4.74 Å². The van der Waals surface area contributed by atoms with Gasteiger partial charge in [0.25, 0.3) is 5.91 Å². The van der Waals surface area contributed by atoms with Crippen molar-refractivity contribution in [2.75, 3.05) is 23.0 Å². The third-order valence-corrected chi connectivity index (χ3v) is 5.68. The van der Waals surface area contributed by atoms with E-state index in [0.29, 0.717) is 23.4 Å². The highest BCUT2D eigenvalue weighted by molar-refractivity contribution is 7.92. The van der Waals surface area contributed by atoms with E-state index in [1.807, 2.05) is 18.2 Å². The minimum Gasteiger partial charge on any atom is -0.380 e. The summed E-state index contributed by atoms with van der Waals surface area (Å²) >= 11 is 0. The molecule has 3 aromatic rings. The third kappa shape index (κ3) is 6.13. The summed E-state index contributed by atoms with van der Waals surface area (Å²) in [6, 6.07) is 19.4. The Morgan fingerprint density at radius 2 is 1.71 bits per heavy atom. The molecule has 0 aliphatic rings. The number of hydrogen-bond donors (Lipinski definition) is 1. The number of benzene rings is 3. The van der Waals surface area contributed by atoms with Gasteiger partial charge in [-0.15, -0.1) is 0 Å². The molecule has 0 atom stereocenters. The van der Waals surface area contributed by atoms with Crippen molar-refractivity contribution in [3.63, 3.8) is 0 Å². The van der Waals surface area contributed by atoms with Gasteiger partial charge in [0.05, 0.1) is 25.1 Å². The van der Waals surface area contributed by atoms with Crippen LogP contribution >= 0.6 is 0 Å². The van der Waals surface area contributed by atoms with Crippen LogP contribution in [-0.2, 0) is 27.9 Å². The van der Waals surface area contributed by atoms with Crippen molar-refractivity contribution < 1.29 is 22.3 Å². The van der Waals surface area contributed by atoms with E-state index in [-0.39, 0.29) is 18.1 Å². The average Bonchev–Trinajstić information content (AvgIpc) is 2.72. The highest BCUT2D eigenvalue weighted by Gasteiger charge is 2.18. The maximum atomic E-state index is 13.6. The van der Waals surface area contributed by atoms with Crippen LogP contribution in [0.4, 0.5) is 15.8 Å². The molecule has 0 aliphatic carbocycles. The number of anilines is 2. The Morgan fingerprint density at radius 3 is 2.35 bits per heavy atom. The Kier molecular flexibility index (Phi) is 7.04. The predicted octanol–water partition coefficient (Wildman–Crippen LogP) is 4.19. The van der Waals surface area contributed by atoms with Crippen LogP contribution in [0.5, 0.6) is 0 Å². The first-order valence-corrected chi connectivity index (χ1v) is 11.3. The number of rotatable bonds is 8. The zero-order valence-corrected chi connectivity index (χ0v) is 18.0. The first-order valence-electron chi connectivity index (χ1n) is 9.48. The van der Waals surface area contributed by atoms with Crippen LogP contribution in [0.2, 0.25) is 0 Å². The Balaban J connectivity index is 1.74. The van der Waals surface area contributed by atoms with E-state index in [2.05, 4.69) is 5.32 Å². The van der Waals surface area contributed by atoms with Crippen LogP contribution in [0.15, 0.2) is 72.8 Å². The van der Waals surface area contributed by atoms with Gasteiger partial charge in [0.2, 0.25) is 10.0 Å². The van der Waals surface area contributed by atoms with Crippen molar-refractivity contribution in [3.05, 3.63) is 95.3 Å². The number of halogens is 1. The molecule has 31 heavy (non-hydrogen) atoms. The van der Waals surface area contributed by atoms with Crippen molar-refractivity contribution in [3.8, 4) is 0 Å². The van der Waals surface area contributed by atoms with Gasteiger partial charge in [-0.3, -0.25) is 9.10 Å². The molecule has 0 saturated heterocycles. The van der Waals surface area contributed by atoms with Gasteiger partial charge in [0, 0.05) is 18.4 Å². The van der Waals surface area contributed by atoms with Gasteiger partial charge in [0.1, 0.15) is 5.82 Å². The first kappa shape index (κ1) is 22.5. The van der Waals surface area contributed by atoms with Crippen molar-refractivity contribution in [1.82, 2.24) is 0 Å². The van der Waals surface area contributed by atoms with E-state index >= 15 is 0 Å². The average molecular weight is 443 g/mol. The standard InChI is InChI=1S/C23H23FN2O4S/c1-30-16-18-5-3-7-21(13-18)25-23(27)19-11-9-17(10-12-19)15-26(31(2,28)29)22-8-4-6-20(24)14-22/h3-14H,15-16H2,1-2H3,(H,25,27). The highest BCUT2D eigenvalue weighted by atomic mass is 32.2. The number of amides is 1. The molecule has 0 saturated carbocycles. The molecular formula is C23H23FN2O4S. The summed E-state index contributed by atoms with van der Waals surface area (Å²) in [7, 11) is -2.03. The van der Waals surface area contributed by atoms with Crippen LogP contribution in [0.3, 0.4) is 0 Å². The monoisotopic (exact) mass is 442 g/mol. The van der Waals surface area contributed by atoms with E-state index in [0.717, 1.165) is 16.1 Å². The summed E-state index contributed by atoms with van der Waals surface area (Å²) in [5.41, 5.74) is 2.91. The molecule has 0 fully saturated rings. The Labute approximate surface area is 181 Å². The lowest BCUT2D eigenvalue weighted by Crippen LogP contribution is -2.29. The molecule has 0 heterocycles. The minimum atomic E-state index is -3.63. The molecule has 0 bridgehead atoms. The van der Waals surface area contributed by atoms with Gasteiger partial charge >= 0.3 is 0 Å². The summed E-state index contributed by atoms with van der Waals surface area (Å²) in [6.07, 6.45) is 1.07.